The summed E-state index contributed by atoms with van der Waals surface area (Å²) in [7, 11) is 2.05. The van der Waals surface area contributed by atoms with Crippen molar-refractivity contribution >= 4 is 44.6 Å². The van der Waals surface area contributed by atoms with E-state index in [4.69, 9.17) is 0 Å². The number of pyridine rings is 1. The highest BCUT2D eigenvalue weighted by molar-refractivity contribution is 7.18. The van der Waals surface area contributed by atoms with E-state index < -0.39 is 0 Å². The van der Waals surface area contributed by atoms with E-state index in [1.165, 1.54) is 10.2 Å². The maximum Gasteiger partial charge on any atom is 0.262 e. The summed E-state index contributed by atoms with van der Waals surface area (Å²) in [5, 5.41) is 2.15. The topological polar surface area (TPSA) is 36.7 Å². The van der Waals surface area contributed by atoms with Gasteiger partial charge in [0.2, 0.25) is 5.52 Å². The van der Waals surface area contributed by atoms with Gasteiger partial charge in [0.15, 0.2) is 0 Å². The summed E-state index contributed by atoms with van der Waals surface area (Å²) < 4.78 is 3.39. The van der Waals surface area contributed by atoms with Crippen molar-refractivity contribution in [1.82, 2.24) is 4.98 Å². The largest absolute Gasteiger partial charge is 0.321 e. The molecule has 0 amide bonds. The fraction of sp³-hybridized carbons (Fsp3) is 0.100. The van der Waals surface area contributed by atoms with Crippen LogP contribution in [-0.2, 0) is 7.05 Å². The number of para-hydroxylation sites is 1. The SMILES string of the molecule is Cc1ccc2cc(C=Cc3sc4ccccc4[n+]3C)c(=O)[nH]c2c1. The summed E-state index contributed by atoms with van der Waals surface area (Å²) in [6.45, 7) is 2.02. The van der Waals surface area contributed by atoms with Gasteiger partial charge in [-0.2, -0.15) is 4.57 Å². The first-order valence-corrected chi connectivity index (χ1v) is 8.63. The van der Waals surface area contributed by atoms with Crippen LogP contribution in [0.1, 0.15) is 16.1 Å². The lowest BCUT2D eigenvalue weighted by Crippen LogP contribution is -2.28. The van der Waals surface area contributed by atoms with Crippen molar-refractivity contribution in [2.24, 2.45) is 7.05 Å². The molecular formula is C20H17N2OS+. The number of hydrogen-bond acceptors (Lipinski definition) is 2. The average Bonchev–Trinajstić information content (AvgIpc) is 2.89. The summed E-state index contributed by atoms with van der Waals surface area (Å²) >= 11 is 1.72. The minimum atomic E-state index is -0.0619. The molecule has 0 aliphatic heterocycles. The van der Waals surface area contributed by atoms with Crippen molar-refractivity contribution in [3.63, 3.8) is 0 Å². The molecule has 4 heteroatoms. The second-order valence-corrected chi connectivity index (χ2v) is 7.01. The molecule has 0 bridgehead atoms. The molecule has 1 N–H and O–H groups in total. The highest BCUT2D eigenvalue weighted by Gasteiger charge is 2.13. The number of aromatic amines is 1. The smallest absolute Gasteiger partial charge is 0.262 e. The number of fused-ring (bicyclic) bond motifs is 2. The lowest BCUT2D eigenvalue weighted by atomic mass is 10.1. The molecule has 2 aromatic carbocycles. The van der Waals surface area contributed by atoms with Crippen molar-refractivity contribution in [3.8, 4) is 0 Å². The van der Waals surface area contributed by atoms with Crippen LogP contribution in [0.2, 0.25) is 0 Å². The Kier molecular flexibility index (Phi) is 3.54. The fourth-order valence-electron chi connectivity index (χ4n) is 2.88. The summed E-state index contributed by atoms with van der Waals surface area (Å²) in [6, 6.07) is 16.3. The van der Waals surface area contributed by atoms with Crippen LogP contribution < -0.4 is 10.1 Å². The van der Waals surface area contributed by atoms with E-state index in [0.29, 0.717) is 5.56 Å². The van der Waals surface area contributed by atoms with Crippen LogP contribution in [0, 0.1) is 6.92 Å². The zero-order valence-corrected chi connectivity index (χ0v) is 14.4. The molecule has 0 aliphatic rings. The molecule has 24 heavy (non-hydrogen) atoms. The molecule has 2 aromatic heterocycles. The van der Waals surface area contributed by atoms with Gasteiger partial charge in [0.1, 0.15) is 11.7 Å². The predicted molar refractivity (Wildman–Crippen MR) is 101 cm³/mol. The molecule has 3 nitrogen and oxygen atoms in total. The number of nitrogens with one attached hydrogen (secondary N) is 1. The maximum absolute atomic E-state index is 12.3. The summed E-state index contributed by atoms with van der Waals surface area (Å²) in [4.78, 5) is 15.3. The second kappa shape index (κ2) is 5.73. The molecule has 0 radical (unpaired) electrons. The van der Waals surface area contributed by atoms with Crippen LogP contribution in [0.25, 0.3) is 33.3 Å². The Morgan fingerprint density at radius 3 is 2.75 bits per heavy atom. The number of benzene rings is 2. The van der Waals surface area contributed by atoms with Crippen molar-refractivity contribution in [3.05, 3.63) is 75.0 Å². The predicted octanol–water partition coefficient (Wildman–Crippen LogP) is 4.05. The van der Waals surface area contributed by atoms with Crippen molar-refractivity contribution < 1.29 is 4.57 Å². The Bertz CT molecular complexity index is 1150. The first kappa shape index (κ1) is 14.8. The third-order valence-corrected chi connectivity index (χ3v) is 5.39. The normalized spacial score (nSPS) is 11.8. The van der Waals surface area contributed by atoms with Crippen molar-refractivity contribution in [2.45, 2.75) is 6.92 Å². The third kappa shape index (κ3) is 2.55. The van der Waals surface area contributed by atoms with Gasteiger partial charge in [0.05, 0.1) is 0 Å². The van der Waals surface area contributed by atoms with E-state index in [1.807, 2.05) is 56.5 Å². The fourth-order valence-corrected chi connectivity index (χ4v) is 3.94. The van der Waals surface area contributed by atoms with Gasteiger partial charge in [-0.05, 0) is 42.1 Å². The molecular weight excluding hydrogens is 316 g/mol. The lowest BCUT2D eigenvalue weighted by Gasteiger charge is -2.00. The van der Waals surface area contributed by atoms with Crippen LogP contribution >= 0.6 is 11.3 Å². The van der Waals surface area contributed by atoms with E-state index in [0.717, 1.165) is 21.5 Å². The Morgan fingerprint density at radius 1 is 1.08 bits per heavy atom. The monoisotopic (exact) mass is 333 g/mol. The summed E-state index contributed by atoms with van der Waals surface area (Å²) in [5.74, 6) is 0. The first-order valence-electron chi connectivity index (χ1n) is 7.81. The molecule has 4 rings (SSSR count). The zero-order valence-electron chi connectivity index (χ0n) is 13.5. The number of thiazole rings is 1. The van der Waals surface area contributed by atoms with Crippen LogP contribution in [-0.4, -0.2) is 4.98 Å². The minimum Gasteiger partial charge on any atom is -0.321 e. The van der Waals surface area contributed by atoms with E-state index in [1.54, 1.807) is 11.3 Å². The van der Waals surface area contributed by atoms with Crippen LogP contribution in [0.3, 0.4) is 0 Å². The number of aryl methyl sites for hydroxylation is 2. The number of aromatic nitrogens is 2. The molecule has 0 aliphatic carbocycles. The molecule has 0 saturated carbocycles. The minimum absolute atomic E-state index is 0.0619. The summed E-state index contributed by atoms with van der Waals surface area (Å²) in [6.07, 6.45) is 3.90. The van der Waals surface area contributed by atoms with Crippen molar-refractivity contribution in [1.29, 1.82) is 0 Å². The van der Waals surface area contributed by atoms with Crippen LogP contribution in [0.5, 0.6) is 0 Å². The number of H-pyrrole nitrogens is 1. The molecule has 118 valence electrons. The Hall–Kier alpha value is -2.72. The van der Waals surface area contributed by atoms with Gasteiger partial charge in [0, 0.05) is 23.2 Å². The Morgan fingerprint density at radius 2 is 1.92 bits per heavy atom. The van der Waals surface area contributed by atoms with Crippen molar-refractivity contribution in [2.75, 3.05) is 0 Å². The Balaban J connectivity index is 1.79. The average molecular weight is 333 g/mol. The third-order valence-electron chi connectivity index (χ3n) is 4.21. The van der Waals surface area contributed by atoms with E-state index in [2.05, 4.69) is 27.8 Å². The van der Waals surface area contributed by atoms with E-state index in [-0.39, 0.29) is 5.56 Å². The molecule has 2 heterocycles. The van der Waals surface area contributed by atoms with Gasteiger partial charge < -0.3 is 4.98 Å². The lowest BCUT2D eigenvalue weighted by molar-refractivity contribution is -0.642. The van der Waals surface area contributed by atoms with Gasteiger partial charge in [-0.1, -0.05) is 35.6 Å². The van der Waals surface area contributed by atoms with Gasteiger partial charge in [-0.15, -0.1) is 0 Å². The number of hydrogen-bond donors (Lipinski definition) is 1. The quantitative estimate of drug-likeness (QED) is 0.552. The number of nitrogens with zero attached hydrogens (tertiary/aromatic N) is 1. The second-order valence-electron chi connectivity index (χ2n) is 5.94. The molecule has 4 aromatic rings. The zero-order chi connectivity index (χ0) is 16.7. The van der Waals surface area contributed by atoms with Crippen LogP contribution in [0.15, 0.2) is 53.3 Å². The van der Waals surface area contributed by atoms with Gasteiger partial charge in [0.25, 0.3) is 10.6 Å². The molecule has 0 atom stereocenters. The Labute approximate surface area is 143 Å². The standard InChI is InChI=1S/C20H16N2OS/c1-13-7-8-14-12-15(20(23)21-16(14)11-13)9-10-19-22(2)17-5-3-4-6-18(17)24-19/h3-12H,1-2H3/p+1. The first-order chi connectivity index (χ1) is 11.6. The molecule has 0 fully saturated rings. The van der Waals surface area contributed by atoms with Gasteiger partial charge in [-0.25, -0.2) is 0 Å². The number of rotatable bonds is 2. The molecule has 0 spiro atoms. The van der Waals surface area contributed by atoms with E-state index in [9.17, 15) is 4.79 Å². The molecule has 0 unspecified atom stereocenters. The summed E-state index contributed by atoms with van der Waals surface area (Å²) in [5.41, 5.74) is 3.82. The van der Waals surface area contributed by atoms with Gasteiger partial charge >= 0.3 is 0 Å². The van der Waals surface area contributed by atoms with Gasteiger partial charge in [-0.3, -0.25) is 4.79 Å². The highest BCUT2D eigenvalue weighted by Crippen LogP contribution is 2.21. The van der Waals surface area contributed by atoms with Crippen LogP contribution in [0.4, 0.5) is 0 Å². The maximum atomic E-state index is 12.3. The highest BCUT2D eigenvalue weighted by atomic mass is 32.1. The molecule has 0 saturated heterocycles. The van der Waals surface area contributed by atoms with E-state index >= 15 is 0 Å².